The van der Waals surface area contributed by atoms with Crippen LogP contribution in [0, 0.1) is 10.1 Å². The third-order valence-corrected chi connectivity index (χ3v) is 3.88. The summed E-state index contributed by atoms with van der Waals surface area (Å²) in [7, 11) is 2.65. The van der Waals surface area contributed by atoms with Gasteiger partial charge in [0.15, 0.2) is 17.6 Å². The molecule has 0 radical (unpaired) electrons. The fraction of sp³-hybridized carbons (Fsp3) is 0.300. The number of carbonyl (C=O) groups excluding carboxylic acids is 1. The number of aliphatic imine (C=N–C) groups is 1. The molecule has 0 saturated carbocycles. The number of carbonyl (C=O) groups is 1. The maximum absolute atomic E-state index is 12.0. The monoisotopic (exact) mass is 386 g/mol. The van der Waals surface area contributed by atoms with E-state index in [4.69, 9.17) is 14.2 Å². The third kappa shape index (κ3) is 5.29. The summed E-state index contributed by atoms with van der Waals surface area (Å²) in [6.07, 6.45) is 1.68. The highest BCUT2D eigenvalue weighted by Crippen LogP contribution is 2.36. The van der Waals surface area contributed by atoms with Crippen molar-refractivity contribution in [1.29, 1.82) is 0 Å². The molecule has 0 amide bonds. The number of hydrogen-bond acceptors (Lipinski definition) is 7. The van der Waals surface area contributed by atoms with Gasteiger partial charge >= 0.3 is 5.97 Å². The van der Waals surface area contributed by atoms with E-state index >= 15 is 0 Å². The Morgan fingerprint density at radius 2 is 1.96 bits per heavy atom. The lowest BCUT2D eigenvalue weighted by molar-refractivity contribution is -0.385. The van der Waals surface area contributed by atoms with Crippen molar-refractivity contribution in [1.82, 2.24) is 0 Å². The van der Waals surface area contributed by atoms with Gasteiger partial charge in [-0.25, -0.2) is 4.79 Å². The summed E-state index contributed by atoms with van der Waals surface area (Å²) in [5.74, 6) is -0.210. The molecule has 0 aliphatic carbocycles. The molecule has 1 unspecified atom stereocenters. The molecule has 0 aromatic heterocycles. The molecule has 0 spiro atoms. The van der Waals surface area contributed by atoms with Crippen molar-refractivity contribution in [2.45, 2.75) is 25.9 Å². The largest absolute Gasteiger partial charge is 0.493 e. The maximum Gasteiger partial charge on any atom is 0.347 e. The highest BCUT2D eigenvalue weighted by molar-refractivity contribution is 5.88. The zero-order valence-electron chi connectivity index (χ0n) is 16.0. The van der Waals surface area contributed by atoms with Gasteiger partial charge in [-0.15, -0.1) is 0 Å². The molecule has 2 rings (SSSR count). The summed E-state index contributed by atoms with van der Waals surface area (Å²) in [6, 6.07) is 11.7. The topological polar surface area (TPSA) is 100 Å². The van der Waals surface area contributed by atoms with Crippen LogP contribution in [0.25, 0.3) is 0 Å². The minimum absolute atomic E-state index is 0.133. The number of hydrogen-bond donors (Lipinski definition) is 0. The van der Waals surface area contributed by atoms with E-state index in [1.807, 2.05) is 25.1 Å². The number of nitro benzene ring substituents is 1. The summed E-state index contributed by atoms with van der Waals surface area (Å²) in [5.41, 5.74) is 0.806. The Morgan fingerprint density at radius 3 is 2.54 bits per heavy atom. The van der Waals surface area contributed by atoms with Crippen LogP contribution in [0.5, 0.6) is 11.5 Å². The zero-order chi connectivity index (χ0) is 20.5. The smallest absolute Gasteiger partial charge is 0.347 e. The Hall–Kier alpha value is -3.42. The van der Waals surface area contributed by atoms with Crippen LogP contribution in [0.3, 0.4) is 0 Å². The van der Waals surface area contributed by atoms with E-state index in [9.17, 15) is 14.9 Å². The van der Waals surface area contributed by atoms with Crippen molar-refractivity contribution in [2.24, 2.45) is 4.99 Å². The molecule has 0 N–H and O–H groups in total. The molecule has 2 aromatic rings. The molecule has 0 saturated heterocycles. The molecule has 2 aromatic carbocycles. The van der Waals surface area contributed by atoms with Crippen LogP contribution >= 0.6 is 0 Å². The van der Waals surface area contributed by atoms with E-state index in [1.165, 1.54) is 32.6 Å². The van der Waals surface area contributed by atoms with Gasteiger partial charge in [-0.1, -0.05) is 31.5 Å². The van der Waals surface area contributed by atoms with E-state index in [0.29, 0.717) is 24.1 Å². The number of benzene rings is 2. The second-order valence-corrected chi connectivity index (χ2v) is 5.84. The number of non-ortho nitro benzene ring substituents is 1. The first kappa shape index (κ1) is 20.9. The number of methoxy groups -OCH3 is 2. The average Bonchev–Trinajstić information content (AvgIpc) is 2.72. The van der Waals surface area contributed by atoms with Crippen molar-refractivity contribution < 1.29 is 23.9 Å². The number of rotatable bonds is 9. The van der Waals surface area contributed by atoms with Crippen molar-refractivity contribution in [2.75, 3.05) is 14.2 Å². The van der Waals surface area contributed by atoms with Crippen LogP contribution < -0.4 is 9.47 Å². The Morgan fingerprint density at radius 1 is 1.25 bits per heavy atom. The van der Waals surface area contributed by atoms with Crippen LogP contribution in [-0.2, 0) is 9.53 Å². The SMILES string of the molecule is CCCC(Oc1c(C=Nc2ccccc2)cc([N+](=O)[O-])cc1OC)C(=O)OC. The number of nitro groups is 1. The molecule has 0 bridgehead atoms. The Bertz CT molecular complexity index is 851. The Labute approximate surface area is 162 Å². The minimum atomic E-state index is -0.866. The fourth-order valence-electron chi connectivity index (χ4n) is 2.51. The van der Waals surface area contributed by atoms with Gasteiger partial charge in [0.05, 0.1) is 30.9 Å². The van der Waals surface area contributed by atoms with E-state index in [-0.39, 0.29) is 17.2 Å². The fourth-order valence-corrected chi connectivity index (χ4v) is 2.51. The molecule has 0 heterocycles. The second kappa shape index (κ2) is 10.1. The van der Waals surface area contributed by atoms with Gasteiger partial charge in [0.1, 0.15) is 0 Å². The molecule has 1 atom stereocenters. The molecule has 0 fully saturated rings. The number of para-hydroxylation sites is 1. The average molecular weight is 386 g/mol. The molecule has 8 heteroatoms. The molecule has 8 nitrogen and oxygen atoms in total. The lowest BCUT2D eigenvalue weighted by Gasteiger charge is -2.19. The van der Waals surface area contributed by atoms with E-state index in [0.717, 1.165) is 0 Å². The van der Waals surface area contributed by atoms with E-state index < -0.39 is 17.0 Å². The predicted octanol–water partition coefficient (Wildman–Crippen LogP) is 4.07. The second-order valence-electron chi connectivity index (χ2n) is 5.84. The minimum Gasteiger partial charge on any atom is -0.493 e. The molecule has 0 aliphatic heterocycles. The molecule has 28 heavy (non-hydrogen) atoms. The highest BCUT2D eigenvalue weighted by Gasteiger charge is 2.25. The number of ether oxygens (including phenoxy) is 3. The maximum atomic E-state index is 12.0. The van der Waals surface area contributed by atoms with Crippen molar-refractivity contribution in [3.05, 3.63) is 58.1 Å². The van der Waals surface area contributed by atoms with Gasteiger partial charge < -0.3 is 14.2 Å². The van der Waals surface area contributed by atoms with Gasteiger partial charge in [0, 0.05) is 17.8 Å². The molecular weight excluding hydrogens is 364 g/mol. The normalized spacial score (nSPS) is 11.8. The van der Waals surface area contributed by atoms with Crippen molar-refractivity contribution >= 4 is 23.6 Å². The Kier molecular flexibility index (Phi) is 7.50. The van der Waals surface area contributed by atoms with Crippen LogP contribution in [-0.4, -0.2) is 37.4 Å². The number of esters is 1. The van der Waals surface area contributed by atoms with E-state index in [1.54, 1.807) is 12.1 Å². The standard InChI is InChI=1S/C20H22N2O6/c1-4-8-17(20(23)27-3)28-19-14(13-21-15-9-6-5-7-10-15)11-16(22(24)25)12-18(19)26-2/h5-7,9-13,17H,4,8H2,1-3H3. The van der Waals surface area contributed by atoms with Crippen molar-refractivity contribution in [3.8, 4) is 11.5 Å². The molecular formula is C20H22N2O6. The first-order valence-electron chi connectivity index (χ1n) is 8.70. The zero-order valence-corrected chi connectivity index (χ0v) is 16.0. The van der Waals surface area contributed by atoms with Crippen LogP contribution in [0.4, 0.5) is 11.4 Å². The molecule has 148 valence electrons. The van der Waals surface area contributed by atoms with E-state index in [2.05, 4.69) is 4.99 Å². The van der Waals surface area contributed by atoms with Gasteiger partial charge in [0.25, 0.3) is 5.69 Å². The number of nitrogens with zero attached hydrogens (tertiary/aromatic N) is 2. The predicted molar refractivity (Wildman–Crippen MR) is 105 cm³/mol. The Balaban J connectivity index is 2.52. The highest BCUT2D eigenvalue weighted by atomic mass is 16.6. The quantitative estimate of drug-likeness (QED) is 0.279. The van der Waals surface area contributed by atoms with Gasteiger partial charge in [-0.05, 0) is 18.6 Å². The van der Waals surface area contributed by atoms with Gasteiger partial charge in [-0.3, -0.25) is 15.1 Å². The van der Waals surface area contributed by atoms with Gasteiger partial charge in [0.2, 0.25) is 0 Å². The lowest BCUT2D eigenvalue weighted by atomic mass is 10.1. The first-order valence-corrected chi connectivity index (χ1v) is 8.70. The summed E-state index contributed by atoms with van der Waals surface area (Å²) in [5, 5.41) is 11.3. The molecule has 0 aliphatic rings. The lowest BCUT2D eigenvalue weighted by Crippen LogP contribution is -2.29. The summed E-state index contributed by atoms with van der Waals surface area (Å²) in [4.78, 5) is 27.1. The van der Waals surface area contributed by atoms with Gasteiger partial charge in [-0.2, -0.15) is 0 Å². The summed E-state index contributed by atoms with van der Waals surface area (Å²) >= 11 is 0. The van der Waals surface area contributed by atoms with Crippen LogP contribution in [0.2, 0.25) is 0 Å². The summed E-state index contributed by atoms with van der Waals surface area (Å²) in [6.45, 7) is 1.91. The van der Waals surface area contributed by atoms with Crippen LogP contribution in [0.1, 0.15) is 25.3 Å². The first-order chi connectivity index (χ1) is 13.5. The van der Waals surface area contributed by atoms with Crippen molar-refractivity contribution in [3.63, 3.8) is 0 Å². The summed E-state index contributed by atoms with van der Waals surface area (Å²) < 4.78 is 15.9. The van der Waals surface area contributed by atoms with Crippen LogP contribution in [0.15, 0.2) is 47.5 Å². The third-order valence-electron chi connectivity index (χ3n) is 3.88.